The van der Waals surface area contributed by atoms with Crippen molar-refractivity contribution in [2.75, 3.05) is 6.61 Å². The second-order valence-electron chi connectivity index (χ2n) is 10.3. The number of aromatic hydroxyl groups is 1. The highest BCUT2D eigenvalue weighted by Crippen LogP contribution is 2.41. The zero-order valence-electron chi connectivity index (χ0n) is 21.8. The van der Waals surface area contributed by atoms with Crippen molar-refractivity contribution in [1.29, 1.82) is 0 Å². The molecule has 0 radical (unpaired) electrons. The Hall–Kier alpha value is -3.18. The number of hydrogen-bond donors (Lipinski definition) is 8. The minimum atomic E-state index is -1.87. The molecular weight excluding hydrogens is 548 g/mol. The molecule has 0 spiro atoms. The summed E-state index contributed by atoms with van der Waals surface area (Å²) in [5, 5.41) is 81.5. The molecule has 2 aromatic rings. The highest BCUT2D eigenvalue weighted by atomic mass is 16.7. The maximum absolute atomic E-state index is 13.7. The number of carbonyl (C=O) groups is 2. The van der Waals surface area contributed by atoms with Gasteiger partial charge in [-0.15, -0.1) is 0 Å². The van der Waals surface area contributed by atoms with Crippen LogP contribution in [0.15, 0.2) is 24.3 Å². The predicted molar refractivity (Wildman–Crippen MR) is 134 cm³/mol. The Morgan fingerprint density at radius 3 is 2.00 bits per heavy atom. The van der Waals surface area contributed by atoms with E-state index in [0.717, 1.165) is 12.1 Å². The smallest absolute Gasteiger partial charge is 0.229 e. The first-order valence-corrected chi connectivity index (χ1v) is 12.8. The van der Waals surface area contributed by atoms with Gasteiger partial charge in [-0.1, -0.05) is 0 Å². The van der Waals surface area contributed by atoms with Crippen molar-refractivity contribution < 1.29 is 69.4 Å². The number of benzene rings is 2. The average Bonchev–Trinajstić information content (AvgIpc) is 2.93. The van der Waals surface area contributed by atoms with Crippen molar-refractivity contribution in [3.05, 3.63) is 52.1 Å². The molecule has 10 atom stereocenters. The number of phenols is 1. The van der Waals surface area contributed by atoms with Crippen LogP contribution in [0.4, 0.5) is 0 Å². The minimum absolute atomic E-state index is 0.0999. The van der Waals surface area contributed by atoms with E-state index in [1.807, 2.05) is 0 Å². The van der Waals surface area contributed by atoms with Gasteiger partial charge in [0.25, 0.3) is 0 Å². The van der Waals surface area contributed by atoms with Crippen molar-refractivity contribution in [3.8, 4) is 17.2 Å². The molecule has 0 saturated carbocycles. The van der Waals surface area contributed by atoms with Crippen LogP contribution < -0.4 is 9.47 Å². The summed E-state index contributed by atoms with van der Waals surface area (Å²) in [6.07, 6.45) is -15.7. The molecule has 8 N–H and O–H groups in total. The first-order chi connectivity index (χ1) is 19.3. The van der Waals surface area contributed by atoms with Crippen LogP contribution in [0.25, 0.3) is 0 Å². The van der Waals surface area contributed by atoms with Gasteiger partial charge in [-0.3, -0.25) is 9.59 Å². The monoisotopic (exact) mass is 578 g/mol. The van der Waals surface area contributed by atoms with E-state index in [1.165, 1.54) is 19.1 Å². The summed E-state index contributed by atoms with van der Waals surface area (Å²) in [5.74, 6) is -2.59. The van der Waals surface area contributed by atoms with Gasteiger partial charge in [0.05, 0.1) is 23.8 Å². The summed E-state index contributed by atoms with van der Waals surface area (Å²) in [6.45, 7) is 2.29. The van der Waals surface area contributed by atoms with Crippen LogP contribution >= 0.6 is 0 Å². The van der Waals surface area contributed by atoms with Crippen LogP contribution in [-0.4, -0.2) is 120 Å². The summed E-state index contributed by atoms with van der Waals surface area (Å²) >= 11 is 0. The van der Waals surface area contributed by atoms with Crippen LogP contribution in [0, 0.1) is 6.92 Å². The first-order valence-electron chi connectivity index (χ1n) is 12.8. The van der Waals surface area contributed by atoms with E-state index in [-0.39, 0.29) is 28.0 Å². The standard InChI is InChI=1S/C27H30O14/c1-8-3-11-16(13(29)4-8)21(33)17-12(19(11)31)5-10(39-26-24(36)22(34)18(30)9(2)38-26)6-14(17)40-27-25(37)23(35)20(32)15(7-28)41-27/h3-6,9,15,18,20,22-30,32,34-37H,7H2,1-2H3/t9-,15-,18-,20-,22+,23+,24+,25-,26-,27-/m0/s1. The lowest BCUT2D eigenvalue weighted by Crippen LogP contribution is -2.60. The molecule has 2 heterocycles. The van der Waals surface area contributed by atoms with Gasteiger partial charge < -0.3 is 59.8 Å². The SMILES string of the molecule is Cc1cc(O)c2c(c1)C(=O)c1cc(O[C@@H]3O[C@@H](C)[C@H](O)[C@@H](O)[C@H]3O)cc(O[C@H]3O[C@@H](CO)[C@H](O)[C@@H](O)[C@@H]3O)c1C2=O. The van der Waals surface area contributed by atoms with E-state index in [2.05, 4.69) is 0 Å². The van der Waals surface area contributed by atoms with E-state index < -0.39 is 91.1 Å². The van der Waals surface area contributed by atoms with Crippen molar-refractivity contribution in [2.45, 2.75) is 75.3 Å². The zero-order chi connectivity index (χ0) is 29.9. The fourth-order valence-electron chi connectivity index (χ4n) is 5.15. The Morgan fingerprint density at radius 1 is 0.732 bits per heavy atom. The third-order valence-electron chi connectivity index (χ3n) is 7.43. The van der Waals surface area contributed by atoms with E-state index >= 15 is 0 Å². The van der Waals surface area contributed by atoms with Crippen molar-refractivity contribution in [1.82, 2.24) is 0 Å². The van der Waals surface area contributed by atoms with Crippen LogP contribution in [0.5, 0.6) is 17.2 Å². The van der Waals surface area contributed by atoms with Crippen LogP contribution in [0.3, 0.4) is 0 Å². The summed E-state index contributed by atoms with van der Waals surface area (Å²) in [5.41, 5.74) is -0.492. The number of aliphatic hydroxyl groups is 7. The molecule has 2 aliphatic heterocycles. The maximum Gasteiger partial charge on any atom is 0.229 e. The van der Waals surface area contributed by atoms with Crippen molar-refractivity contribution in [2.24, 2.45) is 0 Å². The summed E-state index contributed by atoms with van der Waals surface area (Å²) < 4.78 is 22.3. The minimum Gasteiger partial charge on any atom is -0.507 e. The van der Waals surface area contributed by atoms with E-state index in [9.17, 15) is 50.4 Å². The highest BCUT2D eigenvalue weighted by Gasteiger charge is 2.47. The number of fused-ring (bicyclic) bond motifs is 2. The summed E-state index contributed by atoms with van der Waals surface area (Å²) in [7, 11) is 0. The number of phenolic OH excluding ortho intramolecular Hbond substituents is 1. The number of aliphatic hydroxyl groups excluding tert-OH is 7. The first kappa shape index (κ1) is 29.3. The van der Waals surface area contributed by atoms with Crippen LogP contribution in [0.2, 0.25) is 0 Å². The molecule has 0 unspecified atom stereocenters. The van der Waals surface area contributed by atoms with Crippen molar-refractivity contribution >= 4 is 11.6 Å². The Bertz CT molecular complexity index is 1360. The molecule has 0 amide bonds. The zero-order valence-corrected chi connectivity index (χ0v) is 21.8. The summed E-state index contributed by atoms with van der Waals surface area (Å²) in [4.78, 5) is 27.3. The topological polar surface area (TPSA) is 233 Å². The molecule has 3 aliphatic rings. The molecule has 14 heteroatoms. The Labute approximate surface area is 232 Å². The highest BCUT2D eigenvalue weighted by molar-refractivity contribution is 6.30. The fraction of sp³-hybridized carbons (Fsp3) is 0.481. The lowest BCUT2D eigenvalue weighted by molar-refractivity contribution is -0.277. The van der Waals surface area contributed by atoms with Gasteiger partial charge in [0.1, 0.15) is 60.0 Å². The third kappa shape index (κ3) is 4.97. The average molecular weight is 579 g/mol. The van der Waals surface area contributed by atoms with Crippen LogP contribution in [-0.2, 0) is 9.47 Å². The van der Waals surface area contributed by atoms with E-state index in [4.69, 9.17) is 18.9 Å². The molecule has 2 fully saturated rings. The van der Waals surface area contributed by atoms with E-state index in [1.54, 1.807) is 6.92 Å². The van der Waals surface area contributed by atoms with E-state index in [0.29, 0.717) is 5.56 Å². The molecule has 5 rings (SSSR count). The lowest BCUT2D eigenvalue weighted by atomic mass is 9.82. The third-order valence-corrected chi connectivity index (χ3v) is 7.43. The molecule has 0 bridgehead atoms. The Balaban J connectivity index is 1.59. The van der Waals surface area contributed by atoms with Gasteiger partial charge in [0.2, 0.25) is 18.4 Å². The van der Waals surface area contributed by atoms with Gasteiger partial charge in [0, 0.05) is 17.2 Å². The molecular formula is C27H30O14. The van der Waals surface area contributed by atoms with Gasteiger partial charge in [-0.05, 0) is 37.6 Å². The van der Waals surface area contributed by atoms with Crippen molar-refractivity contribution in [3.63, 3.8) is 0 Å². The van der Waals surface area contributed by atoms with Crippen LogP contribution in [0.1, 0.15) is 44.3 Å². The number of carbonyl (C=O) groups excluding carboxylic acids is 2. The Morgan fingerprint density at radius 2 is 1.34 bits per heavy atom. The quantitative estimate of drug-likeness (QED) is 0.161. The largest absolute Gasteiger partial charge is 0.507 e. The second-order valence-corrected chi connectivity index (χ2v) is 10.3. The maximum atomic E-state index is 13.7. The molecule has 1 aliphatic carbocycles. The number of aryl methyl sites for hydroxylation is 1. The van der Waals surface area contributed by atoms with Gasteiger partial charge in [-0.25, -0.2) is 0 Å². The molecule has 2 saturated heterocycles. The van der Waals surface area contributed by atoms with Gasteiger partial charge in [0.15, 0.2) is 5.78 Å². The molecule has 0 aromatic heterocycles. The number of ketones is 2. The van der Waals surface area contributed by atoms with Gasteiger partial charge in [-0.2, -0.15) is 0 Å². The molecule has 41 heavy (non-hydrogen) atoms. The predicted octanol–water partition coefficient (Wildman–Crippen LogP) is -2.14. The number of ether oxygens (including phenoxy) is 4. The molecule has 2 aromatic carbocycles. The number of hydrogen-bond acceptors (Lipinski definition) is 14. The normalized spacial score (nSPS) is 35.0. The summed E-state index contributed by atoms with van der Waals surface area (Å²) in [6, 6.07) is 4.97. The molecule has 14 nitrogen and oxygen atoms in total. The lowest BCUT2D eigenvalue weighted by Gasteiger charge is -2.40. The number of rotatable bonds is 5. The second kappa shape index (κ2) is 10.9. The van der Waals surface area contributed by atoms with Gasteiger partial charge >= 0.3 is 0 Å². The Kier molecular flexibility index (Phi) is 7.80. The molecule has 222 valence electrons. The fourth-order valence-corrected chi connectivity index (χ4v) is 5.15.